The first-order valence-electron chi connectivity index (χ1n) is 5.54. The lowest BCUT2D eigenvalue weighted by Crippen LogP contribution is -2.20. The van der Waals surface area contributed by atoms with Crippen LogP contribution in [0.25, 0.3) is 0 Å². The minimum Gasteiger partial charge on any atom is -0.459 e. The zero-order valence-electron chi connectivity index (χ0n) is 8.74. The molecule has 1 fully saturated rings. The van der Waals surface area contributed by atoms with Gasteiger partial charge in [0.15, 0.2) is 0 Å². The summed E-state index contributed by atoms with van der Waals surface area (Å²) in [5, 5.41) is 0. The normalized spacial score (nSPS) is 17.3. The highest BCUT2D eigenvalue weighted by Gasteiger charge is 2.18. The molecule has 1 radical (unpaired) electrons. The molecule has 2 nitrogen and oxygen atoms in total. The van der Waals surface area contributed by atoms with Crippen molar-refractivity contribution in [3.63, 3.8) is 0 Å². The Balaban J connectivity index is 1.91. The monoisotopic (exact) mass is 203 g/mol. The predicted molar refractivity (Wildman–Crippen MR) is 57.6 cm³/mol. The minimum absolute atomic E-state index is 0.125. The molecule has 1 aromatic carbocycles. The van der Waals surface area contributed by atoms with Gasteiger partial charge in [0.1, 0.15) is 6.10 Å². The Labute approximate surface area is 90.3 Å². The van der Waals surface area contributed by atoms with Gasteiger partial charge in [0.25, 0.3) is 0 Å². The summed E-state index contributed by atoms with van der Waals surface area (Å²) >= 11 is 0. The fourth-order valence-corrected chi connectivity index (χ4v) is 1.92. The summed E-state index contributed by atoms with van der Waals surface area (Å²) in [5.74, 6) is -0.234. The highest BCUT2D eigenvalue weighted by atomic mass is 16.5. The molecule has 0 bridgehead atoms. The van der Waals surface area contributed by atoms with Crippen LogP contribution in [-0.2, 0) is 4.74 Å². The number of esters is 1. The number of carbonyl (C=O) groups excluding carboxylic acids is 1. The van der Waals surface area contributed by atoms with Crippen molar-refractivity contribution in [3.8, 4) is 0 Å². The maximum absolute atomic E-state index is 11.7. The van der Waals surface area contributed by atoms with Gasteiger partial charge in [0.2, 0.25) is 0 Å². The Bertz CT molecular complexity index is 313. The zero-order valence-corrected chi connectivity index (χ0v) is 8.74. The molecular formula is C13H15O2. The van der Waals surface area contributed by atoms with Crippen LogP contribution in [-0.4, -0.2) is 12.1 Å². The number of carbonyl (C=O) groups is 1. The number of ether oxygens (including phenoxy) is 1. The Kier molecular flexibility index (Phi) is 3.38. The van der Waals surface area contributed by atoms with Crippen LogP contribution in [0.4, 0.5) is 0 Å². The molecule has 1 aromatic rings. The lowest BCUT2D eigenvalue weighted by molar-refractivity contribution is 0.0211. The molecule has 1 saturated carbocycles. The van der Waals surface area contributed by atoms with Crippen LogP contribution in [0.5, 0.6) is 0 Å². The molecule has 1 aliphatic carbocycles. The number of hydrogen-bond donors (Lipinski definition) is 0. The van der Waals surface area contributed by atoms with Gasteiger partial charge >= 0.3 is 5.97 Å². The highest BCUT2D eigenvalue weighted by molar-refractivity contribution is 5.89. The largest absolute Gasteiger partial charge is 0.459 e. The molecule has 0 aliphatic heterocycles. The van der Waals surface area contributed by atoms with Crippen molar-refractivity contribution in [2.75, 3.05) is 0 Å². The second-order valence-corrected chi connectivity index (χ2v) is 3.94. The summed E-state index contributed by atoms with van der Waals surface area (Å²) in [4.78, 5) is 11.7. The third kappa shape index (κ3) is 2.82. The van der Waals surface area contributed by atoms with E-state index in [2.05, 4.69) is 6.07 Å². The Morgan fingerprint density at radius 3 is 2.73 bits per heavy atom. The summed E-state index contributed by atoms with van der Waals surface area (Å²) in [5.41, 5.74) is 0.531. The van der Waals surface area contributed by atoms with E-state index in [9.17, 15) is 4.79 Å². The molecule has 0 saturated heterocycles. The SMILES string of the molecule is O=C(OC1CCCCC1)c1[c]cccc1. The van der Waals surface area contributed by atoms with Crippen LogP contribution in [0, 0.1) is 6.07 Å². The van der Waals surface area contributed by atoms with Crippen molar-refractivity contribution in [3.05, 3.63) is 35.9 Å². The van der Waals surface area contributed by atoms with Gasteiger partial charge in [-0.1, -0.05) is 24.6 Å². The zero-order chi connectivity index (χ0) is 10.5. The van der Waals surface area contributed by atoms with E-state index in [-0.39, 0.29) is 12.1 Å². The summed E-state index contributed by atoms with van der Waals surface area (Å²) < 4.78 is 5.41. The smallest absolute Gasteiger partial charge is 0.339 e. The highest BCUT2D eigenvalue weighted by Crippen LogP contribution is 2.21. The van der Waals surface area contributed by atoms with Crippen LogP contribution < -0.4 is 0 Å². The summed E-state index contributed by atoms with van der Waals surface area (Å²) in [6.45, 7) is 0. The van der Waals surface area contributed by atoms with E-state index in [1.165, 1.54) is 19.3 Å². The first kappa shape index (κ1) is 10.2. The number of benzene rings is 1. The van der Waals surface area contributed by atoms with Gasteiger partial charge in [0, 0.05) is 0 Å². The van der Waals surface area contributed by atoms with Crippen LogP contribution in [0.2, 0.25) is 0 Å². The fourth-order valence-electron chi connectivity index (χ4n) is 1.92. The standard InChI is InChI=1S/C13H15O2/c14-13(11-7-3-1-4-8-11)15-12-9-5-2-6-10-12/h1,3-4,7,12H,2,5-6,9-10H2. The molecule has 0 atom stereocenters. The van der Waals surface area contributed by atoms with Crippen LogP contribution in [0.15, 0.2) is 24.3 Å². The first-order chi connectivity index (χ1) is 7.36. The number of rotatable bonds is 2. The Morgan fingerprint density at radius 2 is 2.07 bits per heavy atom. The van der Waals surface area contributed by atoms with Crippen molar-refractivity contribution in [1.82, 2.24) is 0 Å². The molecule has 0 N–H and O–H groups in total. The molecular weight excluding hydrogens is 188 g/mol. The van der Waals surface area contributed by atoms with Gasteiger partial charge < -0.3 is 4.74 Å². The van der Waals surface area contributed by atoms with Crippen LogP contribution in [0.1, 0.15) is 42.5 Å². The van der Waals surface area contributed by atoms with Gasteiger partial charge in [-0.25, -0.2) is 4.79 Å². The van der Waals surface area contributed by atoms with Crippen molar-refractivity contribution in [2.45, 2.75) is 38.2 Å². The molecule has 0 unspecified atom stereocenters. The minimum atomic E-state index is -0.234. The molecule has 0 aromatic heterocycles. The average molecular weight is 203 g/mol. The van der Waals surface area contributed by atoms with Crippen molar-refractivity contribution >= 4 is 5.97 Å². The molecule has 2 rings (SSSR count). The fraction of sp³-hybridized carbons (Fsp3) is 0.462. The Morgan fingerprint density at radius 1 is 1.27 bits per heavy atom. The molecule has 2 heteroatoms. The molecule has 0 spiro atoms. The predicted octanol–water partition coefficient (Wildman–Crippen LogP) is 2.98. The van der Waals surface area contributed by atoms with E-state index in [1.54, 1.807) is 12.1 Å². The summed E-state index contributed by atoms with van der Waals surface area (Å²) in [6.07, 6.45) is 5.77. The van der Waals surface area contributed by atoms with Gasteiger partial charge in [-0.2, -0.15) is 0 Å². The molecule has 0 amide bonds. The molecule has 0 heterocycles. The average Bonchev–Trinajstić information content (AvgIpc) is 2.31. The van der Waals surface area contributed by atoms with Gasteiger partial charge in [-0.05, 0) is 37.8 Å². The van der Waals surface area contributed by atoms with Crippen LogP contribution >= 0.6 is 0 Å². The van der Waals surface area contributed by atoms with E-state index in [1.807, 2.05) is 12.1 Å². The maximum Gasteiger partial charge on any atom is 0.339 e. The second-order valence-electron chi connectivity index (χ2n) is 3.94. The Hall–Kier alpha value is -1.31. The molecule has 79 valence electrons. The van der Waals surface area contributed by atoms with E-state index in [0.29, 0.717) is 5.56 Å². The lowest BCUT2D eigenvalue weighted by atomic mass is 9.98. The third-order valence-corrected chi connectivity index (χ3v) is 2.75. The summed E-state index contributed by atoms with van der Waals surface area (Å²) in [6, 6.07) is 10.0. The van der Waals surface area contributed by atoms with Crippen molar-refractivity contribution in [2.24, 2.45) is 0 Å². The topological polar surface area (TPSA) is 26.3 Å². The lowest BCUT2D eigenvalue weighted by Gasteiger charge is -2.21. The van der Waals surface area contributed by atoms with Gasteiger partial charge in [-0.3, -0.25) is 0 Å². The first-order valence-corrected chi connectivity index (χ1v) is 5.54. The molecule has 1 aliphatic rings. The molecule has 15 heavy (non-hydrogen) atoms. The maximum atomic E-state index is 11.7. The van der Waals surface area contributed by atoms with Crippen molar-refractivity contribution < 1.29 is 9.53 Å². The van der Waals surface area contributed by atoms with Gasteiger partial charge in [0.05, 0.1) is 5.56 Å². The summed E-state index contributed by atoms with van der Waals surface area (Å²) in [7, 11) is 0. The second kappa shape index (κ2) is 4.96. The number of hydrogen-bond acceptors (Lipinski definition) is 2. The quantitative estimate of drug-likeness (QED) is 0.691. The third-order valence-electron chi connectivity index (χ3n) is 2.75. The van der Waals surface area contributed by atoms with E-state index in [0.717, 1.165) is 12.8 Å². The van der Waals surface area contributed by atoms with Crippen LogP contribution in [0.3, 0.4) is 0 Å². The van der Waals surface area contributed by atoms with E-state index >= 15 is 0 Å². The van der Waals surface area contributed by atoms with E-state index in [4.69, 9.17) is 4.74 Å². The van der Waals surface area contributed by atoms with Crippen molar-refractivity contribution in [1.29, 1.82) is 0 Å². The van der Waals surface area contributed by atoms with E-state index < -0.39 is 0 Å². The van der Waals surface area contributed by atoms with Gasteiger partial charge in [-0.15, -0.1) is 0 Å².